The van der Waals surface area contributed by atoms with E-state index in [0.717, 1.165) is 11.3 Å². The Balaban J connectivity index is 1.94. The van der Waals surface area contributed by atoms with Crippen LogP contribution in [0.3, 0.4) is 0 Å². The molecule has 1 heterocycles. The minimum Gasteiger partial charge on any atom is -0.497 e. The lowest BCUT2D eigenvalue weighted by Gasteiger charge is -2.43. The Kier molecular flexibility index (Phi) is 4.49. The summed E-state index contributed by atoms with van der Waals surface area (Å²) in [5.41, 5.74) is 2.36. The average Bonchev–Trinajstić information content (AvgIpc) is 2.59. The van der Waals surface area contributed by atoms with Crippen molar-refractivity contribution in [3.8, 4) is 5.75 Å². The van der Waals surface area contributed by atoms with Crippen LogP contribution in [0, 0.1) is 5.92 Å². The van der Waals surface area contributed by atoms with E-state index in [1.54, 1.807) is 7.11 Å². The second-order valence-corrected chi connectivity index (χ2v) is 6.27. The lowest BCUT2D eigenvalue weighted by Crippen LogP contribution is -2.42. The first kappa shape index (κ1) is 15.8. The number of Topliss-reactive ketones (excluding diaryl/α,β-unsaturated/α-hetero) is 1. The molecule has 2 aromatic rings. The molecule has 3 unspecified atom stereocenters. The fourth-order valence-corrected chi connectivity index (χ4v) is 3.60. The number of ketones is 1. The molecule has 0 N–H and O–H groups in total. The lowest BCUT2D eigenvalue weighted by molar-refractivity contribution is -0.130. The van der Waals surface area contributed by atoms with Crippen molar-refractivity contribution in [3.05, 3.63) is 65.7 Å². The number of hydrogen-bond acceptors (Lipinski definition) is 3. The van der Waals surface area contributed by atoms with Gasteiger partial charge in [-0.25, -0.2) is 0 Å². The van der Waals surface area contributed by atoms with E-state index in [1.165, 1.54) is 5.56 Å². The molecular formula is C20H23NO2. The molecule has 120 valence electrons. The van der Waals surface area contributed by atoms with Crippen LogP contribution in [-0.4, -0.2) is 24.8 Å². The van der Waals surface area contributed by atoms with Gasteiger partial charge in [-0.3, -0.25) is 9.69 Å². The van der Waals surface area contributed by atoms with E-state index in [4.69, 9.17) is 4.74 Å². The molecule has 1 saturated heterocycles. The minimum atomic E-state index is 0.0110. The number of hydrogen-bond donors (Lipinski definition) is 0. The van der Waals surface area contributed by atoms with Crippen molar-refractivity contribution in [1.29, 1.82) is 0 Å². The molecule has 0 spiro atoms. The van der Waals surface area contributed by atoms with Gasteiger partial charge < -0.3 is 4.74 Å². The molecule has 0 radical (unpaired) electrons. The number of likely N-dealkylation sites (tertiary alicyclic amines) is 1. The largest absolute Gasteiger partial charge is 0.497 e. The first-order chi connectivity index (χ1) is 11.1. The standard InChI is InChI=1S/C20H23NO2/c1-14-19(22)13-18(15-9-11-17(23-3)12-10-15)21(2)20(14)16-7-5-4-6-8-16/h4-12,14,18,20H,13H2,1-3H3. The summed E-state index contributed by atoms with van der Waals surface area (Å²) in [4.78, 5) is 14.9. The predicted octanol–water partition coefficient (Wildman–Crippen LogP) is 4.02. The number of ether oxygens (including phenoxy) is 1. The molecule has 1 aliphatic rings. The summed E-state index contributed by atoms with van der Waals surface area (Å²) < 4.78 is 5.23. The number of nitrogens with zero attached hydrogens (tertiary/aromatic N) is 1. The number of piperidine rings is 1. The van der Waals surface area contributed by atoms with Crippen LogP contribution in [0.25, 0.3) is 0 Å². The number of carbonyl (C=O) groups excluding carboxylic acids is 1. The number of rotatable bonds is 3. The fraction of sp³-hybridized carbons (Fsp3) is 0.350. The SMILES string of the molecule is COc1ccc(C2CC(=O)C(C)C(c3ccccc3)N2C)cc1. The number of methoxy groups -OCH3 is 1. The fourth-order valence-electron chi connectivity index (χ4n) is 3.60. The molecular weight excluding hydrogens is 286 g/mol. The van der Waals surface area contributed by atoms with E-state index in [-0.39, 0.29) is 18.0 Å². The van der Waals surface area contributed by atoms with Crippen molar-refractivity contribution in [1.82, 2.24) is 4.90 Å². The third-order valence-corrected chi connectivity index (χ3v) is 4.95. The van der Waals surface area contributed by atoms with Crippen LogP contribution in [-0.2, 0) is 4.79 Å². The maximum atomic E-state index is 12.6. The quantitative estimate of drug-likeness (QED) is 0.857. The third kappa shape index (κ3) is 3.02. The van der Waals surface area contributed by atoms with Gasteiger partial charge >= 0.3 is 0 Å². The van der Waals surface area contributed by atoms with Crippen LogP contribution in [0.2, 0.25) is 0 Å². The number of benzene rings is 2. The highest BCUT2D eigenvalue weighted by molar-refractivity contribution is 5.83. The summed E-state index contributed by atoms with van der Waals surface area (Å²) in [6.45, 7) is 2.04. The predicted molar refractivity (Wildman–Crippen MR) is 91.5 cm³/mol. The van der Waals surface area contributed by atoms with Crippen LogP contribution >= 0.6 is 0 Å². The van der Waals surface area contributed by atoms with Gasteiger partial charge in [0.1, 0.15) is 11.5 Å². The van der Waals surface area contributed by atoms with Crippen LogP contribution in [0.1, 0.15) is 36.6 Å². The molecule has 3 heteroatoms. The van der Waals surface area contributed by atoms with Crippen molar-refractivity contribution in [2.45, 2.75) is 25.4 Å². The molecule has 1 fully saturated rings. The van der Waals surface area contributed by atoms with Crippen LogP contribution in [0.4, 0.5) is 0 Å². The molecule has 0 amide bonds. The zero-order chi connectivity index (χ0) is 16.4. The summed E-state index contributed by atoms with van der Waals surface area (Å²) >= 11 is 0. The van der Waals surface area contributed by atoms with Gasteiger partial charge in [0.2, 0.25) is 0 Å². The highest BCUT2D eigenvalue weighted by Gasteiger charge is 2.39. The molecule has 3 nitrogen and oxygen atoms in total. The Morgan fingerprint density at radius 3 is 2.26 bits per heavy atom. The number of carbonyl (C=O) groups is 1. The van der Waals surface area contributed by atoms with Crippen molar-refractivity contribution in [2.75, 3.05) is 14.2 Å². The zero-order valence-corrected chi connectivity index (χ0v) is 13.9. The monoisotopic (exact) mass is 309 g/mol. The highest BCUT2D eigenvalue weighted by Crippen LogP contribution is 2.42. The van der Waals surface area contributed by atoms with Crippen molar-refractivity contribution >= 4 is 5.78 Å². The zero-order valence-electron chi connectivity index (χ0n) is 13.9. The van der Waals surface area contributed by atoms with Gasteiger partial charge in [0.05, 0.1) is 7.11 Å². The van der Waals surface area contributed by atoms with Crippen molar-refractivity contribution in [3.63, 3.8) is 0 Å². The molecule has 2 aromatic carbocycles. The first-order valence-electron chi connectivity index (χ1n) is 8.05. The summed E-state index contributed by atoms with van der Waals surface area (Å²) in [7, 11) is 3.79. The van der Waals surface area contributed by atoms with Gasteiger partial charge in [-0.05, 0) is 30.3 Å². The van der Waals surface area contributed by atoms with Gasteiger partial charge in [-0.2, -0.15) is 0 Å². The molecule has 23 heavy (non-hydrogen) atoms. The Hall–Kier alpha value is -2.13. The summed E-state index contributed by atoms with van der Waals surface area (Å²) in [5.74, 6) is 1.18. The van der Waals surface area contributed by atoms with Crippen LogP contribution < -0.4 is 4.74 Å². The summed E-state index contributed by atoms with van der Waals surface area (Å²) in [6, 6.07) is 18.6. The Morgan fingerprint density at radius 1 is 1.00 bits per heavy atom. The summed E-state index contributed by atoms with van der Waals surface area (Å²) in [6.07, 6.45) is 0.563. The van der Waals surface area contributed by atoms with Crippen LogP contribution in [0.5, 0.6) is 5.75 Å². The second-order valence-electron chi connectivity index (χ2n) is 6.27. The maximum absolute atomic E-state index is 12.6. The Labute approximate surface area is 137 Å². The first-order valence-corrected chi connectivity index (χ1v) is 8.05. The highest BCUT2D eigenvalue weighted by atomic mass is 16.5. The normalized spacial score (nSPS) is 25.3. The van der Waals surface area contributed by atoms with Crippen molar-refractivity contribution in [2.24, 2.45) is 5.92 Å². The molecule has 0 bridgehead atoms. The van der Waals surface area contributed by atoms with E-state index in [2.05, 4.69) is 36.2 Å². The van der Waals surface area contributed by atoms with Gasteiger partial charge in [0, 0.05) is 24.4 Å². The maximum Gasteiger partial charge on any atom is 0.139 e. The van der Waals surface area contributed by atoms with Gasteiger partial charge in [-0.15, -0.1) is 0 Å². The molecule has 1 aliphatic heterocycles. The average molecular weight is 309 g/mol. The molecule has 0 aromatic heterocycles. The lowest BCUT2D eigenvalue weighted by atomic mass is 9.80. The van der Waals surface area contributed by atoms with Gasteiger partial charge in [0.25, 0.3) is 0 Å². The Morgan fingerprint density at radius 2 is 1.65 bits per heavy atom. The molecule has 3 rings (SSSR count). The van der Waals surface area contributed by atoms with Gasteiger partial charge in [0.15, 0.2) is 0 Å². The Bertz CT molecular complexity index is 666. The van der Waals surface area contributed by atoms with Crippen LogP contribution in [0.15, 0.2) is 54.6 Å². The van der Waals surface area contributed by atoms with Crippen molar-refractivity contribution < 1.29 is 9.53 Å². The van der Waals surface area contributed by atoms with Gasteiger partial charge in [-0.1, -0.05) is 49.4 Å². The molecule has 0 saturated carbocycles. The minimum absolute atomic E-state index is 0.0110. The smallest absolute Gasteiger partial charge is 0.139 e. The topological polar surface area (TPSA) is 29.5 Å². The molecule has 3 atom stereocenters. The third-order valence-electron chi connectivity index (χ3n) is 4.95. The molecule has 0 aliphatic carbocycles. The van der Waals surface area contributed by atoms with E-state index in [9.17, 15) is 4.79 Å². The van der Waals surface area contributed by atoms with E-state index >= 15 is 0 Å². The van der Waals surface area contributed by atoms with E-state index in [0.29, 0.717) is 12.2 Å². The van der Waals surface area contributed by atoms with E-state index < -0.39 is 0 Å². The summed E-state index contributed by atoms with van der Waals surface area (Å²) in [5, 5.41) is 0. The second kappa shape index (κ2) is 6.55. The van der Waals surface area contributed by atoms with E-state index in [1.807, 2.05) is 37.3 Å².